The van der Waals surface area contributed by atoms with E-state index in [2.05, 4.69) is 48.7 Å². The molecular formula is C17H24N2. The Labute approximate surface area is 116 Å². The lowest BCUT2D eigenvalue weighted by Crippen LogP contribution is -2.15. The van der Waals surface area contributed by atoms with Crippen molar-refractivity contribution in [2.45, 2.75) is 46.6 Å². The predicted octanol–water partition coefficient (Wildman–Crippen LogP) is 4.61. The average molecular weight is 256 g/mol. The molecule has 1 aromatic heterocycles. The number of aliphatic imine (C=N–C) groups is 1. The molecule has 0 aliphatic heterocycles. The van der Waals surface area contributed by atoms with Gasteiger partial charge >= 0.3 is 0 Å². The van der Waals surface area contributed by atoms with Crippen LogP contribution in [-0.2, 0) is 0 Å². The molecule has 1 aromatic rings. The number of allylic oxidation sites excluding steroid dienone is 4. The Morgan fingerprint density at radius 1 is 1.32 bits per heavy atom. The monoisotopic (exact) mass is 256 g/mol. The van der Waals surface area contributed by atoms with Gasteiger partial charge < -0.3 is 4.57 Å². The molecule has 2 nitrogen and oxygen atoms in total. The summed E-state index contributed by atoms with van der Waals surface area (Å²) in [5.41, 5.74) is 3.90. The summed E-state index contributed by atoms with van der Waals surface area (Å²) < 4.78 is 2.38. The second kappa shape index (κ2) is 6.05. The quantitative estimate of drug-likeness (QED) is 0.703. The van der Waals surface area contributed by atoms with Crippen molar-refractivity contribution in [2.75, 3.05) is 0 Å². The Kier molecular flexibility index (Phi) is 4.41. The first-order chi connectivity index (χ1) is 9.11. The van der Waals surface area contributed by atoms with Crippen molar-refractivity contribution in [3.8, 4) is 0 Å². The van der Waals surface area contributed by atoms with Gasteiger partial charge in [0.1, 0.15) is 0 Å². The molecule has 1 heterocycles. The molecule has 1 aliphatic rings. The van der Waals surface area contributed by atoms with Crippen LogP contribution in [0.15, 0.2) is 41.2 Å². The molecular weight excluding hydrogens is 232 g/mol. The zero-order chi connectivity index (χ0) is 13.8. The number of aromatic nitrogens is 1. The number of hydrogen-bond acceptors (Lipinski definition) is 1. The van der Waals surface area contributed by atoms with E-state index in [4.69, 9.17) is 0 Å². The molecule has 102 valence electrons. The van der Waals surface area contributed by atoms with Crippen molar-refractivity contribution in [1.29, 1.82) is 0 Å². The van der Waals surface area contributed by atoms with Crippen LogP contribution in [0.25, 0.3) is 0 Å². The minimum atomic E-state index is 0.461. The van der Waals surface area contributed by atoms with E-state index in [-0.39, 0.29) is 0 Å². The maximum atomic E-state index is 4.60. The van der Waals surface area contributed by atoms with Gasteiger partial charge in [0, 0.05) is 23.8 Å². The molecule has 0 saturated carbocycles. The Morgan fingerprint density at radius 3 is 2.74 bits per heavy atom. The van der Waals surface area contributed by atoms with Crippen LogP contribution in [0.4, 0.5) is 0 Å². The fourth-order valence-electron chi connectivity index (χ4n) is 2.74. The molecule has 2 heteroatoms. The fraction of sp³-hybridized carbons (Fsp3) is 0.471. The van der Waals surface area contributed by atoms with E-state index in [0.717, 1.165) is 0 Å². The summed E-state index contributed by atoms with van der Waals surface area (Å²) in [5, 5.41) is 0. The second-order valence-electron chi connectivity index (χ2n) is 5.51. The molecule has 0 amide bonds. The maximum absolute atomic E-state index is 4.60. The third-order valence-electron chi connectivity index (χ3n) is 3.81. The average Bonchev–Trinajstić information content (AvgIpc) is 2.71. The standard InChI is InChI=1S/C17H24N2/c1-5-6-9-18-17-11-16(8-7-14(17)3)19-12-13(2)10-15(19)4/h5-6,9-12,14,16H,7-8H2,1-4H3/b6-5-,18-9?/t14?,16-/m0/s1. The van der Waals surface area contributed by atoms with Gasteiger partial charge in [-0.05, 0) is 63.3 Å². The molecule has 0 saturated heterocycles. The van der Waals surface area contributed by atoms with Crippen LogP contribution >= 0.6 is 0 Å². The summed E-state index contributed by atoms with van der Waals surface area (Å²) in [5.74, 6) is 0.565. The minimum absolute atomic E-state index is 0.461. The normalized spacial score (nSPS) is 24.3. The van der Waals surface area contributed by atoms with Crippen LogP contribution < -0.4 is 0 Å². The van der Waals surface area contributed by atoms with E-state index >= 15 is 0 Å². The predicted molar refractivity (Wildman–Crippen MR) is 82.7 cm³/mol. The fourth-order valence-corrected chi connectivity index (χ4v) is 2.74. The van der Waals surface area contributed by atoms with E-state index in [1.54, 1.807) is 0 Å². The molecule has 0 bridgehead atoms. The van der Waals surface area contributed by atoms with E-state index in [0.29, 0.717) is 12.0 Å². The van der Waals surface area contributed by atoms with Gasteiger partial charge in [-0.1, -0.05) is 13.0 Å². The molecule has 1 aliphatic carbocycles. The van der Waals surface area contributed by atoms with Crippen LogP contribution in [0.1, 0.15) is 44.0 Å². The molecule has 0 aromatic carbocycles. The van der Waals surface area contributed by atoms with E-state index in [1.165, 1.54) is 29.8 Å². The van der Waals surface area contributed by atoms with Gasteiger partial charge in [0.2, 0.25) is 0 Å². The summed E-state index contributed by atoms with van der Waals surface area (Å²) in [6.07, 6.45) is 12.9. The smallest absolute Gasteiger partial charge is 0.0534 e. The van der Waals surface area contributed by atoms with Crippen molar-refractivity contribution in [3.05, 3.63) is 47.4 Å². The van der Waals surface area contributed by atoms with Crippen LogP contribution in [0, 0.1) is 19.8 Å². The van der Waals surface area contributed by atoms with Crippen LogP contribution in [0.5, 0.6) is 0 Å². The Balaban J connectivity index is 2.25. The summed E-state index contributed by atoms with van der Waals surface area (Å²) >= 11 is 0. The molecule has 2 rings (SSSR count). The lowest BCUT2D eigenvalue weighted by molar-refractivity contribution is 0.440. The Bertz CT molecular complexity index is 517. The van der Waals surface area contributed by atoms with Gasteiger partial charge in [-0.2, -0.15) is 0 Å². The van der Waals surface area contributed by atoms with Crippen LogP contribution in [0.3, 0.4) is 0 Å². The van der Waals surface area contributed by atoms with Crippen molar-refractivity contribution >= 4 is 6.21 Å². The number of nitrogens with zero attached hydrogens (tertiary/aromatic N) is 2. The van der Waals surface area contributed by atoms with Crippen molar-refractivity contribution in [3.63, 3.8) is 0 Å². The summed E-state index contributed by atoms with van der Waals surface area (Å²) in [7, 11) is 0. The van der Waals surface area contributed by atoms with Crippen LogP contribution in [0.2, 0.25) is 0 Å². The van der Waals surface area contributed by atoms with E-state index in [9.17, 15) is 0 Å². The first-order valence-corrected chi connectivity index (χ1v) is 7.14. The van der Waals surface area contributed by atoms with Gasteiger partial charge in [-0.3, -0.25) is 4.99 Å². The van der Waals surface area contributed by atoms with E-state index in [1.807, 2.05) is 25.3 Å². The molecule has 0 radical (unpaired) electrons. The van der Waals surface area contributed by atoms with Gasteiger partial charge in [0.05, 0.1) is 6.04 Å². The third kappa shape index (κ3) is 3.25. The molecule has 0 spiro atoms. The van der Waals surface area contributed by atoms with Crippen molar-refractivity contribution < 1.29 is 0 Å². The summed E-state index contributed by atoms with van der Waals surface area (Å²) in [4.78, 5) is 4.60. The highest BCUT2D eigenvalue weighted by atomic mass is 15.0. The van der Waals surface area contributed by atoms with Crippen LogP contribution in [-0.4, -0.2) is 10.8 Å². The number of aryl methyl sites for hydroxylation is 2. The molecule has 19 heavy (non-hydrogen) atoms. The highest BCUT2D eigenvalue weighted by molar-refractivity contribution is 5.72. The first kappa shape index (κ1) is 13.9. The zero-order valence-corrected chi connectivity index (χ0v) is 12.4. The topological polar surface area (TPSA) is 17.3 Å². The Hall–Kier alpha value is -1.57. The first-order valence-electron chi connectivity index (χ1n) is 7.14. The van der Waals surface area contributed by atoms with Crippen molar-refractivity contribution in [2.24, 2.45) is 10.9 Å². The third-order valence-corrected chi connectivity index (χ3v) is 3.81. The molecule has 0 N–H and O–H groups in total. The number of rotatable bonds is 3. The Morgan fingerprint density at radius 2 is 2.11 bits per heavy atom. The van der Waals surface area contributed by atoms with Gasteiger partial charge in [0.15, 0.2) is 0 Å². The SMILES string of the molecule is C/C=C\C=NC1=C[C@@H](n2cc(C)cc2C)CCC1C. The highest BCUT2D eigenvalue weighted by Gasteiger charge is 2.20. The molecule has 2 atom stereocenters. The molecule has 0 fully saturated rings. The van der Waals surface area contributed by atoms with E-state index < -0.39 is 0 Å². The minimum Gasteiger partial charge on any atom is -0.345 e. The van der Waals surface area contributed by atoms with Gasteiger partial charge in [0.25, 0.3) is 0 Å². The maximum Gasteiger partial charge on any atom is 0.0534 e. The largest absolute Gasteiger partial charge is 0.345 e. The summed E-state index contributed by atoms with van der Waals surface area (Å²) in [6, 6.07) is 2.71. The molecule has 1 unspecified atom stereocenters. The lowest BCUT2D eigenvalue weighted by Gasteiger charge is -2.26. The van der Waals surface area contributed by atoms with Gasteiger partial charge in [-0.25, -0.2) is 0 Å². The van der Waals surface area contributed by atoms with Crippen molar-refractivity contribution in [1.82, 2.24) is 4.57 Å². The zero-order valence-electron chi connectivity index (χ0n) is 12.4. The summed E-state index contributed by atoms with van der Waals surface area (Å²) in [6.45, 7) is 8.62. The highest BCUT2D eigenvalue weighted by Crippen LogP contribution is 2.32. The number of hydrogen-bond donors (Lipinski definition) is 0. The lowest BCUT2D eigenvalue weighted by atomic mass is 9.91. The second-order valence-corrected chi connectivity index (χ2v) is 5.51. The van der Waals surface area contributed by atoms with Gasteiger partial charge in [-0.15, -0.1) is 0 Å².